The van der Waals surface area contributed by atoms with E-state index in [2.05, 4.69) is 5.32 Å². The van der Waals surface area contributed by atoms with Crippen LogP contribution in [-0.4, -0.2) is 25.1 Å². The summed E-state index contributed by atoms with van der Waals surface area (Å²) in [7, 11) is 0. The van der Waals surface area contributed by atoms with Gasteiger partial charge in [0, 0.05) is 0 Å². The summed E-state index contributed by atoms with van der Waals surface area (Å²) in [4.78, 5) is 24.5. The van der Waals surface area contributed by atoms with Gasteiger partial charge in [0.05, 0.1) is 17.5 Å². The van der Waals surface area contributed by atoms with Crippen molar-refractivity contribution < 1.29 is 23.5 Å². The van der Waals surface area contributed by atoms with Crippen LogP contribution in [0.1, 0.15) is 26.5 Å². The summed E-state index contributed by atoms with van der Waals surface area (Å²) >= 11 is 0. The highest BCUT2D eigenvalue weighted by Crippen LogP contribution is 2.18. The van der Waals surface area contributed by atoms with Crippen molar-refractivity contribution in [1.82, 2.24) is 0 Å². The second kappa shape index (κ2) is 8.71. The maximum Gasteiger partial charge on any atom is 0.340 e. The molecule has 2 aromatic carbocycles. The van der Waals surface area contributed by atoms with Gasteiger partial charge < -0.3 is 19.2 Å². The molecule has 0 atom stereocenters. The molecule has 6 nitrogen and oxygen atoms in total. The molecule has 0 fully saturated rings. The van der Waals surface area contributed by atoms with E-state index in [0.29, 0.717) is 11.4 Å². The smallest absolute Gasteiger partial charge is 0.340 e. The number of nitrogens with one attached hydrogen (secondary N) is 1. The largest absolute Gasteiger partial charge is 0.490 e. The van der Waals surface area contributed by atoms with Crippen LogP contribution in [0.5, 0.6) is 5.75 Å². The highest BCUT2D eigenvalue weighted by atomic mass is 16.6. The van der Waals surface area contributed by atoms with Gasteiger partial charge in [0.25, 0.3) is 5.91 Å². The van der Waals surface area contributed by atoms with Crippen molar-refractivity contribution in [2.45, 2.75) is 6.92 Å². The van der Waals surface area contributed by atoms with Crippen molar-refractivity contribution in [2.75, 3.05) is 18.5 Å². The molecule has 27 heavy (non-hydrogen) atoms. The number of furan rings is 1. The van der Waals surface area contributed by atoms with Crippen molar-refractivity contribution in [2.24, 2.45) is 0 Å². The minimum absolute atomic E-state index is 0.0905. The summed E-state index contributed by atoms with van der Waals surface area (Å²) in [6.45, 7) is 2.32. The molecule has 0 spiro atoms. The molecule has 0 aliphatic carbocycles. The van der Waals surface area contributed by atoms with Crippen LogP contribution in [0, 0.1) is 6.92 Å². The average molecular weight is 365 g/mol. The molecule has 1 aromatic heterocycles. The lowest BCUT2D eigenvalue weighted by molar-refractivity contribution is 0.0451. The zero-order valence-electron chi connectivity index (χ0n) is 14.8. The molecule has 0 bridgehead atoms. The van der Waals surface area contributed by atoms with Crippen molar-refractivity contribution in [3.63, 3.8) is 0 Å². The van der Waals surface area contributed by atoms with Gasteiger partial charge in [-0.25, -0.2) is 4.79 Å². The Morgan fingerprint density at radius 1 is 0.963 bits per heavy atom. The van der Waals surface area contributed by atoms with Gasteiger partial charge in [-0.1, -0.05) is 29.8 Å². The molecule has 138 valence electrons. The van der Waals surface area contributed by atoms with Gasteiger partial charge in [0.2, 0.25) is 0 Å². The maximum absolute atomic E-state index is 12.3. The van der Waals surface area contributed by atoms with E-state index in [-0.39, 0.29) is 24.5 Å². The van der Waals surface area contributed by atoms with Crippen molar-refractivity contribution in [1.29, 1.82) is 0 Å². The van der Waals surface area contributed by atoms with Gasteiger partial charge in [-0.15, -0.1) is 0 Å². The zero-order valence-corrected chi connectivity index (χ0v) is 14.8. The van der Waals surface area contributed by atoms with Crippen LogP contribution in [-0.2, 0) is 4.74 Å². The van der Waals surface area contributed by atoms with Gasteiger partial charge >= 0.3 is 5.97 Å². The van der Waals surface area contributed by atoms with Gasteiger partial charge in [-0.2, -0.15) is 0 Å². The average Bonchev–Trinajstić information content (AvgIpc) is 3.22. The molecule has 0 saturated heterocycles. The van der Waals surface area contributed by atoms with E-state index in [0.717, 1.165) is 5.56 Å². The molecule has 1 heterocycles. The standard InChI is InChI=1S/C21H19NO5/c1-15-8-10-16(11-9-15)25-13-14-27-21(24)17-5-2-3-6-18(17)22-20(23)19-7-4-12-26-19/h2-12H,13-14H2,1H3,(H,22,23). The number of benzene rings is 2. The van der Waals surface area contributed by atoms with Crippen LogP contribution in [0.4, 0.5) is 5.69 Å². The Morgan fingerprint density at radius 2 is 1.74 bits per heavy atom. The summed E-state index contributed by atoms with van der Waals surface area (Å²) in [6.07, 6.45) is 1.41. The molecular weight excluding hydrogens is 346 g/mol. The van der Waals surface area contributed by atoms with E-state index in [1.54, 1.807) is 36.4 Å². The molecule has 0 radical (unpaired) electrons. The van der Waals surface area contributed by atoms with Crippen LogP contribution in [0.15, 0.2) is 71.3 Å². The van der Waals surface area contributed by atoms with Gasteiger partial charge in [0.15, 0.2) is 5.76 Å². The fourth-order valence-electron chi connectivity index (χ4n) is 2.37. The minimum Gasteiger partial charge on any atom is -0.490 e. The topological polar surface area (TPSA) is 77.8 Å². The van der Waals surface area contributed by atoms with E-state index < -0.39 is 11.9 Å². The van der Waals surface area contributed by atoms with Crippen molar-refractivity contribution in [3.05, 3.63) is 83.8 Å². The molecular formula is C21H19NO5. The second-order valence-corrected chi connectivity index (χ2v) is 5.77. The number of carbonyl (C=O) groups is 2. The van der Waals surface area contributed by atoms with Crippen LogP contribution in [0.3, 0.4) is 0 Å². The van der Waals surface area contributed by atoms with E-state index in [4.69, 9.17) is 13.9 Å². The third kappa shape index (κ3) is 4.98. The Morgan fingerprint density at radius 3 is 2.48 bits per heavy atom. The van der Waals surface area contributed by atoms with E-state index in [1.165, 1.54) is 6.26 Å². The van der Waals surface area contributed by atoms with E-state index in [9.17, 15) is 9.59 Å². The molecule has 1 N–H and O–H groups in total. The third-order valence-corrected chi connectivity index (χ3v) is 3.75. The number of aryl methyl sites for hydroxylation is 1. The van der Waals surface area contributed by atoms with Gasteiger partial charge in [-0.3, -0.25) is 4.79 Å². The Kier molecular flexibility index (Phi) is 5.89. The Hall–Kier alpha value is -3.54. The summed E-state index contributed by atoms with van der Waals surface area (Å²) < 4.78 is 15.8. The first-order valence-corrected chi connectivity index (χ1v) is 8.44. The first-order valence-electron chi connectivity index (χ1n) is 8.44. The maximum atomic E-state index is 12.3. The number of amides is 1. The number of anilines is 1. The fourth-order valence-corrected chi connectivity index (χ4v) is 2.37. The van der Waals surface area contributed by atoms with Crippen LogP contribution in [0.2, 0.25) is 0 Å². The lowest BCUT2D eigenvalue weighted by Gasteiger charge is -2.11. The molecule has 0 saturated carbocycles. The molecule has 0 unspecified atom stereocenters. The Bertz CT molecular complexity index is 901. The van der Waals surface area contributed by atoms with Crippen LogP contribution in [0.25, 0.3) is 0 Å². The quantitative estimate of drug-likeness (QED) is 0.504. The summed E-state index contributed by atoms with van der Waals surface area (Å²) in [5.41, 5.74) is 1.75. The number of rotatable bonds is 7. The molecule has 1 amide bonds. The number of esters is 1. The number of hydrogen-bond donors (Lipinski definition) is 1. The van der Waals surface area contributed by atoms with Gasteiger partial charge in [-0.05, 0) is 43.3 Å². The van der Waals surface area contributed by atoms with E-state index in [1.807, 2.05) is 31.2 Å². The van der Waals surface area contributed by atoms with Crippen LogP contribution >= 0.6 is 0 Å². The number of ether oxygens (including phenoxy) is 2. The zero-order chi connectivity index (χ0) is 19.1. The SMILES string of the molecule is Cc1ccc(OCCOC(=O)c2ccccc2NC(=O)c2ccco2)cc1. The summed E-state index contributed by atoms with van der Waals surface area (Å²) in [5, 5.41) is 2.65. The van der Waals surface area contributed by atoms with Crippen molar-refractivity contribution >= 4 is 17.6 Å². The highest BCUT2D eigenvalue weighted by molar-refractivity contribution is 6.06. The molecule has 3 aromatic rings. The molecule has 0 aliphatic heterocycles. The minimum atomic E-state index is -0.544. The summed E-state index contributed by atoms with van der Waals surface area (Å²) in [5.74, 6) is -0.117. The highest BCUT2D eigenvalue weighted by Gasteiger charge is 2.16. The first kappa shape index (κ1) is 18.3. The number of carbonyl (C=O) groups excluding carboxylic acids is 2. The summed E-state index contributed by atoms with van der Waals surface area (Å²) in [6, 6.07) is 17.4. The monoisotopic (exact) mass is 365 g/mol. The number of para-hydroxylation sites is 1. The number of hydrogen-bond acceptors (Lipinski definition) is 5. The van der Waals surface area contributed by atoms with Crippen molar-refractivity contribution in [3.8, 4) is 5.75 Å². The molecule has 0 aliphatic rings. The van der Waals surface area contributed by atoms with Gasteiger partial charge in [0.1, 0.15) is 19.0 Å². The fraction of sp³-hybridized carbons (Fsp3) is 0.143. The first-order chi connectivity index (χ1) is 13.1. The van der Waals surface area contributed by atoms with Crippen LogP contribution < -0.4 is 10.1 Å². The Labute approximate surface area is 156 Å². The third-order valence-electron chi connectivity index (χ3n) is 3.75. The molecule has 6 heteroatoms. The predicted octanol–water partition coefficient (Wildman–Crippen LogP) is 4.08. The van der Waals surface area contributed by atoms with E-state index >= 15 is 0 Å². The lowest BCUT2D eigenvalue weighted by atomic mass is 10.1. The predicted molar refractivity (Wildman–Crippen MR) is 100 cm³/mol. The second-order valence-electron chi connectivity index (χ2n) is 5.77. The normalized spacial score (nSPS) is 10.3. The Balaban J connectivity index is 1.55. The molecule has 3 rings (SSSR count). The lowest BCUT2D eigenvalue weighted by Crippen LogP contribution is -2.17.